The third-order valence-electron chi connectivity index (χ3n) is 4.09. The summed E-state index contributed by atoms with van der Waals surface area (Å²) in [6.07, 6.45) is 11.3. The summed E-state index contributed by atoms with van der Waals surface area (Å²) in [7, 11) is 0. The van der Waals surface area contributed by atoms with Gasteiger partial charge in [0, 0.05) is 25.0 Å². The van der Waals surface area contributed by atoms with E-state index in [1.165, 1.54) is 37.7 Å². The van der Waals surface area contributed by atoms with E-state index in [0.717, 1.165) is 13.0 Å². The fraction of sp³-hybridized carbons (Fsp3) is 0.688. The van der Waals surface area contributed by atoms with Crippen LogP contribution >= 0.6 is 0 Å². The maximum atomic E-state index is 6.41. The van der Waals surface area contributed by atoms with E-state index in [9.17, 15) is 0 Å². The molecule has 19 heavy (non-hydrogen) atoms. The molecule has 0 radical (unpaired) electrons. The van der Waals surface area contributed by atoms with Crippen LogP contribution in [-0.2, 0) is 11.2 Å². The van der Waals surface area contributed by atoms with Gasteiger partial charge in [0.05, 0.1) is 6.10 Å². The number of hydrogen-bond acceptors (Lipinski definition) is 3. The number of ether oxygens (including phenoxy) is 1. The standard InChI is InChI=1S/C16H26N2O/c1-2-19-16(14-8-4-3-5-9-14)15(17)11-13-7-6-10-18-12-13/h6-7,10,12,14-16H,2-5,8-9,11,17H2,1H3. The van der Waals surface area contributed by atoms with Crippen molar-refractivity contribution in [3.8, 4) is 0 Å². The number of aromatic nitrogens is 1. The molecule has 1 aromatic heterocycles. The molecule has 1 saturated carbocycles. The van der Waals surface area contributed by atoms with E-state index in [2.05, 4.69) is 18.0 Å². The van der Waals surface area contributed by atoms with Gasteiger partial charge in [0.25, 0.3) is 0 Å². The first-order valence-corrected chi connectivity index (χ1v) is 7.57. The Bertz CT molecular complexity index is 349. The molecule has 0 saturated heterocycles. The average molecular weight is 262 g/mol. The third kappa shape index (κ3) is 4.29. The van der Waals surface area contributed by atoms with Crippen LogP contribution in [0, 0.1) is 5.92 Å². The second-order valence-electron chi connectivity index (χ2n) is 5.55. The molecule has 2 unspecified atom stereocenters. The van der Waals surface area contributed by atoms with Gasteiger partial charge >= 0.3 is 0 Å². The first-order valence-electron chi connectivity index (χ1n) is 7.57. The number of pyridine rings is 1. The molecule has 0 aliphatic heterocycles. The number of rotatable bonds is 6. The molecule has 2 atom stereocenters. The van der Waals surface area contributed by atoms with Crippen molar-refractivity contribution in [1.29, 1.82) is 0 Å². The molecule has 0 amide bonds. The summed E-state index contributed by atoms with van der Waals surface area (Å²) < 4.78 is 5.97. The highest BCUT2D eigenvalue weighted by Crippen LogP contribution is 2.29. The Labute approximate surface area is 116 Å². The molecular weight excluding hydrogens is 236 g/mol. The molecule has 1 aromatic rings. The predicted molar refractivity (Wildman–Crippen MR) is 77.9 cm³/mol. The van der Waals surface area contributed by atoms with Crippen molar-refractivity contribution >= 4 is 0 Å². The largest absolute Gasteiger partial charge is 0.377 e. The van der Waals surface area contributed by atoms with E-state index in [1.54, 1.807) is 6.20 Å². The average Bonchev–Trinajstić information content (AvgIpc) is 2.46. The minimum Gasteiger partial charge on any atom is -0.377 e. The molecule has 1 aliphatic rings. The van der Waals surface area contributed by atoms with Crippen LogP contribution < -0.4 is 5.73 Å². The summed E-state index contributed by atoms with van der Waals surface area (Å²) in [5.74, 6) is 0.639. The van der Waals surface area contributed by atoms with E-state index >= 15 is 0 Å². The Morgan fingerprint density at radius 1 is 1.37 bits per heavy atom. The van der Waals surface area contributed by atoms with E-state index in [1.807, 2.05) is 12.3 Å². The zero-order chi connectivity index (χ0) is 13.5. The molecule has 0 aromatic carbocycles. The van der Waals surface area contributed by atoms with Crippen LogP contribution in [0.1, 0.15) is 44.6 Å². The molecule has 3 nitrogen and oxygen atoms in total. The first kappa shape index (κ1) is 14.5. The fourth-order valence-electron chi connectivity index (χ4n) is 3.17. The fourth-order valence-corrected chi connectivity index (χ4v) is 3.17. The minimum absolute atomic E-state index is 0.0762. The van der Waals surface area contributed by atoms with Gasteiger partial charge in [0.1, 0.15) is 0 Å². The van der Waals surface area contributed by atoms with Gasteiger partial charge in [-0.2, -0.15) is 0 Å². The zero-order valence-corrected chi connectivity index (χ0v) is 11.9. The van der Waals surface area contributed by atoms with Gasteiger partial charge in [0.2, 0.25) is 0 Å². The van der Waals surface area contributed by atoms with Crippen LogP contribution in [0.4, 0.5) is 0 Å². The molecule has 0 bridgehead atoms. The Morgan fingerprint density at radius 3 is 2.79 bits per heavy atom. The van der Waals surface area contributed by atoms with Crippen LogP contribution in [0.3, 0.4) is 0 Å². The van der Waals surface area contributed by atoms with Crippen molar-refractivity contribution in [3.05, 3.63) is 30.1 Å². The van der Waals surface area contributed by atoms with Crippen molar-refractivity contribution < 1.29 is 4.74 Å². The summed E-state index contributed by atoms with van der Waals surface area (Å²) in [4.78, 5) is 4.16. The lowest BCUT2D eigenvalue weighted by Gasteiger charge is -2.34. The van der Waals surface area contributed by atoms with Crippen molar-refractivity contribution in [1.82, 2.24) is 4.98 Å². The molecule has 106 valence electrons. The second-order valence-corrected chi connectivity index (χ2v) is 5.55. The van der Waals surface area contributed by atoms with Gasteiger partial charge < -0.3 is 10.5 Å². The third-order valence-corrected chi connectivity index (χ3v) is 4.09. The van der Waals surface area contributed by atoms with E-state index in [0.29, 0.717) is 5.92 Å². The van der Waals surface area contributed by atoms with Gasteiger partial charge in [0.15, 0.2) is 0 Å². The van der Waals surface area contributed by atoms with E-state index in [4.69, 9.17) is 10.5 Å². The molecular formula is C16H26N2O. The van der Waals surface area contributed by atoms with Crippen molar-refractivity contribution in [2.24, 2.45) is 11.7 Å². The van der Waals surface area contributed by atoms with Gasteiger partial charge in [-0.3, -0.25) is 4.98 Å². The van der Waals surface area contributed by atoms with Crippen LogP contribution in [0.2, 0.25) is 0 Å². The topological polar surface area (TPSA) is 48.1 Å². The van der Waals surface area contributed by atoms with Crippen LogP contribution in [0.25, 0.3) is 0 Å². The number of hydrogen-bond donors (Lipinski definition) is 1. The van der Waals surface area contributed by atoms with Crippen molar-refractivity contribution in [2.45, 2.75) is 57.6 Å². The second kappa shape index (κ2) is 7.61. The van der Waals surface area contributed by atoms with Crippen LogP contribution in [-0.4, -0.2) is 23.7 Å². The quantitative estimate of drug-likeness (QED) is 0.857. The van der Waals surface area contributed by atoms with E-state index < -0.39 is 0 Å². The summed E-state index contributed by atoms with van der Waals surface area (Å²) in [6.45, 7) is 2.81. The monoisotopic (exact) mass is 262 g/mol. The number of nitrogens with zero attached hydrogens (tertiary/aromatic N) is 1. The van der Waals surface area contributed by atoms with Gasteiger partial charge in [-0.05, 0) is 43.7 Å². The summed E-state index contributed by atoms with van der Waals surface area (Å²) in [6, 6.07) is 4.14. The Kier molecular flexibility index (Phi) is 5.80. The molecule has 2 N–H and O–H groups in total. The van der Waals surface area contributed by atoms with Crippen LogP contribution in [0.5, 0.6) is 0 Å². The lowest BCUT2D eigenvalue weighted by Crippen LogP contribution is -2.44. The SMILES string of the molecule is CCOC(C(N)Cc1cccnc1)C1CCCCC1. The molecule has 0 spiro atoms. The smallest absolute Gasteiger partial charge is 0.0757 e. The van der Waals surface area contributed by atoms with E-state index in [-0.39, 0.29) is 12.1 Å². The molecule has 1 heterocycles. The van der Waals surface area contributed by atoms with Crippen molar-refractivity contribution in [2.75, 3.05) is 6.61 Å². The lowest BCUT2D eigenvalue weighted by molar-refractivity contribution is -0.00913. The van der Waals surface area contributed by atoms with Crippen molar-refractivity contribution in [3.63, 3.8) is 0 Å². The highest BCUT2D eigenvalue weighted by Gasteiger charge is 2.29. The van der Waals surface area contributed by atoms with Gasteiger partial charge in [-0.15, -0.1) is 0 Å². The van der Waals surface area contributed by atoms with Crippen LogP contribution in [0.15, 0.2) is 24.5 Å². The van der Waals surface area contributed by atoms with Gasteiger partial charge in [-0.1, -0.05) is 25.3 Å². The molecule has 1 fully saturated rings. The predicted octanol–water partition coefficient (Wildman–Crippen LogP) is 2.94. The summed E-state index contributed by atoms with van der Waals surface area (Å²) >= 11 is 0. The maximum absolute atomic E-state index is 6.41. The highest BCUT2D eigenvalue weighted by atomic mass is 16.5. The normalized spacial score (nSPS) is 20.1. The molecule has 1 aliphatic carbocycles. The summed E-state index contributed by atoms with van der Waals surface area (Å²) in [5.41, 5.74) is 7.62. The summed E-state index contributed by atoms with van der Waals surface area (Å²) in [5, 5.41) is 0. The lowest BCUT2D eigenvalue weighted by atomic mass is 9.81. The van der Waals surface area contributed by atoms with Gasteiger partial charge in [-0.25, -0.2) is 0 Å². The minimum atomic E-state index is 0.0762. The molecule has 2 rings (SSSR count). The Hall–Kier alpha value is -0.930. The zero-order valence-electron chi connectivity index (χ0n) is 11.9. The Morgan fingerprint density at radius 2 is 2.16 bits per heavy atom. The Balaban J connectivity index is 1.97. The first-order chi connectivity index (χ1) is 9.31. The molecule has 3 heteroatoms. The maximum Gasteiger partial charge on any atom is 0.0757 e. The highest BCUT2D eigenvalue weighted by molar-refractivity contribution is 5.10. The number of nitrogens with two attached hydrogens (primary N) is 1.